The summed E-state index contributed by atoms with van der Waals surface area (Å²) in [4.78, 5) is 0. The monoisotopic (exact) mass is 282 g/mol. The molecule has 11 heavy (non-hydrogen) atoms. The molecule has 0 amide bonds. The van der Waals surface area contributed by atoms with E-state index < -0.39 is 0 Å². The lowest BCUT2D eigenvalue weighted by Crippen LogP contribution is -2.07. The van der Waals surface area contributed by atoms with Crippen molar-refractivity contribution in [1.29, 1.82) is 0 Å². The van der Waals surface area contributed by atoms with E-state index in [4.69, 9.17) is 34.8 Å². The van der Waals surface area contributed by atoms with Crippen LogP contribution in [-0.4, -0.2) is 18.2 Å². The van der Waals surface area contributed by atoms with Crippen LogP contribution in [0.4, 0.5) is 0 Å². The predicted octanol–water partition coefficient (Wildman–Crippen LogP) is 3.29. The average molecular weight is 285 g/mol. The molecule has 56 valence electrons. The Morgan fingerprint density at radius 2 is 1.55 bits per heavy atom. The first kappa shape index (κ1) is 10.4. The minimum Gasteiger partial charge on any atom is -0.296 e. The molecule has 1 aromatic rings. The summed E-state index contributed by atoms with van der Waals surface area (Å²) in [6.07, 6.45) is 0. The van der Waals surface area contributed by atoms with E-state index in [1.54, 1.807) is 0 Å². The third-order valence-electron chi connectivity index (χ3n) is 1.20. The Hall–Kier alpha value is 1.34. The molecule has 1 rings (SSSR count). The molecule has 0 bridgehead atoms. The largest absolute Gasteiger partial charge is 0.506 e. The van der Waals surface area contributed by atoms with Gasteiger partial charge in [0.2, 0.25) is 0 Å². The minimum absolute atomic E-state index is 0.383. The van der Waals surface area contributed by atoms with E-state index in [1.807, 2.05) is 12.1 Å². The lowest BCUT2D eigenvalue weighted by atomic mass is 10.3. The molecule has 0 aliphatic carbocycles. The van der Waals surface area contributed by atoms with E-state index in [0.717, 1.165) is 3.69 Å². The van der Waals surface area contributed by atoms with Crippen LogP contribution < -0.4 is 3.69 Å². The summed E-state index contributed by atoms with van der Waals surface area (Å²) in [5.41, 5.74) is 0. The first-order chi connectivity index (χ1) is 5.15. The fourth-order valence-electron chi connectivity index (χ4n) is 0.685. The van der Waals surface area contributed by atoms with Crippen LogP contribution in [0.3, 0.4) is 0 Å². The summed E-state index contributed by atoms with van der Waals surface area (Å²) in [6, 6.07) is 3.69. The highest BCUT2D eigenvalue weighted by molar-refractivity contribution is 9.23. The van der Waals surface area contributed by atoms with E-state index in [2.05, 4.69) is 12.9 Å². The summed E-state index contributed by atoms with van der Waals surface area (Å²) in [7, 11) is 0. The zero-order chi connectivity index (χ0) is 8.43. The van der Waals surface area contributed by atoms with Gasteiger partial charge in [0.05, 0.1) is 15.1 Å². The van der Waals surface area contributed by atoms with Crippen molar-refractivity contribution in [3.63, 3.8) is 0 Å². The first-order valence-corrected chi connectivity index (χ1v) is 8.58. The standard InChI is InChI=1S/C6H2Cl3.BrH.Mg/c7-4-2-1-3-5(8)6(4)9;;/h2-3H;1H;/q;;+1/p-1. The Morgan fingerprint density at radius 1 is 1.09 bits per heavy atom. The van der Waals surface area contributed by atoms with E-state index in [0.29, 0.717) is 15.1 Å². The van der Waals surface area contributed by atoms with Gasteiger partial charge in [-0.15, -0.1) is 3.69 Å². The molecule has 0 aromatic heterocycles. The fraction of sp³-hybridized carbons (Fsp3) is 0. The van der Waals surface area contributed by atoms with Crippen LogP contribution >= 0.6 is 47.7 Å². The number of hydrogen-bond donors (Lipinski definition) is 0. The van der Waals surface area contributed by atoms with Crippen molar-refractivity contribution in [3.8, 4) is 0 Å². The third-order valence-corrected chi connectivity index (χ3v) is 5.05. The third kappa shape index (κ3) is 2.64. The normalized spacial score (nSPS) is 9.45. The van der Waals surface area contributed by atoms with Gasteiger partial charge >= 0.3 is 18.2 Å². The molecule has 0 saturated heterocycles. The molecule has 0 N–H and O–H groups in total. The van der Waals surface area contributed by atoms with Gasteiger partial charge < -0.3 is 0 Å². The van der Waals surface area contributed by atoms with Crippen LogP contribution in [0, 0.1) is 0 Å². The predicted molar refractivity (Wildman–Crippen MR) is 55.8 cm³/mol. The highest BCUT2D eigenvalue weighted by atomic mass is 79.9. The average Bonchev–Trinajstić information content (AvgIpc) is 1.99. The van der Waals surface area contributed by atoms with Crippen molar-refractivity contribution in [2.75, 3.05) is 0 Å². The van der Waals surface area contributed by atoms with E-state index in [-0.39, 0.29) is 18.2 Å². The van der Waals surface area contributed by atoms with Crippen LogP contribution in [0.2, 0.25) is 15.1 Å². The van der Waals surface area contributed by atoms with Crippen molar-refractivity contribution in [1.82, 2.24) is 0 Å². The van der Waals surface area contributed by atoms with Gasteiger partial charge in [-0.3, -0.25) is 12.9 Å². The Morgan fingerprint density at radius 3 is 1.91 bits per heavy atom. The van der Waals surface area contributed by atoms with Crippen LogP contribution in [0.5, 0.6) is 0 Å². The molecular formula is C6H2BrCl3Mg. The second kappa shape index (κ2) is 4.54. The van der Waals surface area contributed by atoms with Crippen molar-refractivity contribution in [3.05, 3.63) is 27.2 Å². The second-order valence-corrected chi connectivity index (χ2v) is 5.97. The zero-order valence-corrected chi connectivity index (χ0v) is 10.6. The number of hydrogen-bond acceptors (Lipinski definition) is 0. The zero-order valence-electron chi connectivity index (χ0n) is 5.37. The van der Waals surface area contributed by atoms with Gasteiger partial charge in [0, 0.05) is 0 Å². The highest BCUT2D eigenvalue weighted by Gasteiger charge is 2.05. The second-order valence-electron chi connectivity index (χ2n) is 2.01. The maximum Gasteiger partial charge on any atom is 0.506 e. The summed E-state index contributed by atoms with van der Waals surface area (Å²) in [6.45, 7) is 0. The van der Waals surface area contributed by atoms with Gasteiger partial charge in [0.25, 0.3) is 0 Å². The van der Waals surface area contributed by atoms with Gasteiger partial charge in [-0.25, -0.2) is 0 Å². The van der Waals surface area contributed by atoms with Crippen LogP contribution in [0.25, 0.3) is 0 Å². The topological polar surface area (TPSA) is 0 Å². The minimum atomic E-state index is -0.383. The molecule has 0 radical (unpaired) electrons. The Bertz CT molecular complexity index is 254. The molecule has 0 unspecified atom stereocenters. The van der Waals surface area contributed by atoms with Gasteiger partial charge in [-0.05, 0) is 0 Å². The van der Waals surface area contributed by atoms with Crippen LogP contribution in [0.15, 0.2) is 12.1 Å². The molecule has 0 atom stereocenters. The number of rotatable bonds is 1. The molecule has 0 heterocycles. The quantitative estimate of drug-likeness (QED) is 0.548. The van der Waals surface area contributed by atoms with Crippen molar-refractivity contribution >= 4 is 69.6 Å². The van der Waals surface area contributed by atoms with Crippen LogP contribution in [0.1, 0.15) is 0 Å². The maximum atomic E-state index is 5.78. The van der Waals surface area contributed by atoms with Gasteiger partial charge in [0.15, 0.2) is 0 Å². The number of halogens is 4. The summed E-state index contributed by atoms with van der Waals surface area (Å²) >= 11 is 20.4. The lowest BCUT2D eigenvalue weighted by Gasteiger charge is -2.01. The molecular weight excluding hydrogens is 283 g/mol. The molecule has 0 saturated carbocycles. The van der Waals surface area contributed by atoms with E-state index >= 15 is 0 Å². The highest BCUT2D eigenvalue weighted by Crippen LogP contribution is 2.28. The SMILES string of the molecule is Clc1c[c]([Mg][Br])cc(Cl)c1Cl. The first-order valence-electron chi connectivity index (χ1n) is 2.84. The molecule has 0 spiro atoms. The van der Waals surface area contributed by atoms with Crippen molar-refractivity contribution in [2.24, 2.45) is 0 Å². The Balaban J connectivity index is 3.21. The van der Waals surface area contributed by atoms with Crippen LogP contribution in [-0.2, 0) is 0 Å². The van der Waals surface area contributed by atoms with E-state index in [9.17, 15) is 0 Å². The molecule has 0 nitrogen and oxygen atoms in total. The Kier molecular flexibility index (Phi) is 4.30. The van der Waals surface area contributed by atoms with Crippen molar-refractivity contribution in [2.45, 2.75) is 0 Å². The molecule has 0 aliphatic rings. The van der Waals surface area contributed by atoms with Gasteiger partial charge in [0.1, 0.15) is 0 Å². The van der Waals surface area contributed by atoms with E-state index in [1.165, 1.54) is 0 Å². The Labute approximate surface area is 95.8 Å². The summed E-state index contributed by atoms with van der Waals surface area (Å²) in [5, 5.41) is 1.49. The molecule has 5 heteroatoms. The molecule has 0 aliphatic heterocycles. The van der Waals surface area contributed by atoms with Crippen molar-refractivity contribution < 1.29 is 0 Å². The summed E-state index contributed by atoms with van der Waals surface area (Å²) < 4.78 is 1.16. The summed E-state index contributed by atoms with van der Waals surface area (Å²) in [5.74, 6) is 0. The molecule has 1 aromatic carbocycles. The number of benzene rings is 1. The lowest BCUT2D eigenvalue weighted by molar-refractivity contribution is 1.76. The maximum absolute atomic E-state index is 5.78. The van der Waals surface area contributed by atoms with Gasteiger partial charge in [-0.1, -0.05) is 46.9 Å². The molecule has 0 fully saturated rings. The van der Waals surface area contributed by atoms with Gasteiger partial charge in [-0.2, -0.15) is 0 Å². The smallest absolute Gasteiger partial charge is 0.296 e. The fourth-order valence-corrected chi connectivity index (χ4v) is 3.12.